The summed E-state index contributed by atoms with van der Waals surface area (Å²) in [6, 6.07) is 15.1. The van der Waals surface area contributed by atoms with Crippen LogP contribution in [0, 0.1) is 5.92 Å². The van der Waals surface area contributed by atoms with Gasteiger partial charge < -0.3 is 26.7 Å². The Morgan fingerprint density at radius 3 is 2.41 bits per heavy atom. The van der Waals surface area contributed by atoms with E-state index in [2.05, 4.69) is 30.9 Å². The van der Waals surface area contributed by atoms with Crippen LogP contribution in [-0.4, -0.2) is 40.6 Å². The number of anilines is 5. The summed E-state index contributed by atoms with van der Waals surface area (Å²) in [7, 11) is -3.53. The molecule has 4 aromatic rings. The minimum Gasteiger partial charge on any atom is -0.357 e. The Labute approximate surface area is 216 Å². The fourth-order valence-electron chi connectivity index (χ4n) is 3.62. The van der Waals surface area contributed by atoms with Crippen molar-refractivity contribution in [1.82, 2.24) is 15.0 Å². The van der Waals surface area contributed by atoms with Crippen LogP contribution in [0.4, 0.5) is 28.8 Å². The minimum atomic E-state index is -3.53. The molecule has 2 aromatic carbocycles. The highest BCUT2D eigenvalue weighted by atomic mass is 32.2. The van der Waals surface area contributed by atoms with Crippen molar-refractivity contribution in [1.29, 1.82) is 0 Å². The van der Waals surface area contributed by atoms with Gasteiger partial charge in [0.25, 0.3) is 0 Å². The molecule has 0 aliphatic carbocycles. The number of fused-ring (bicyclic) bond motifs is 1. The summed E-state index contributed by atoms with van der Waals surface area (Å²) in [4.78, 5) is 24.8. The standard InChI is InChI=1S/C26H31N7O3S/c1-15(2)22(27)25(34)29-17-8-7-9-18(14-17)30-26-32-20-12-13-28-23(20)24(33-26)31-19-10-5-6-11-21(19)37(35,36)16(3)4/h5-16,22,28H,27H2,1-4H3,(H,29,34)(H2,30,31,32,33)/t22-/m0/s1. The first kappa shape index (κ1) is 26.1. The zero-order chi connectivity index (χ0) is 26.7. The monoisotopic (exact) mass is 521 g/mol. The molecule has 2 heterocycles. The first-order chi connectivity index (χ1) is 17.6. The molecule has 0 saturated heterocycles. The van der Waals surface area contributed by atoms with Gasteiger partial charge in [-0.05, 0) is 56.2 Å². The van der Waals surface area contributed by atoms with Gasteiger partial charge in [0.05, 0.1) is 27.4 Å². The van der Waals surface area contributed by atoms with Crippen LogP contribution in [0.25, 0.3) is 11.0 Å². The number of carbonyl (C=O) groups excluding carboxylic acids is 1. The zero-order valence-corrected chi connectivity index (χ0v) is 21.9. The van der Waals surface area contributed by atoms with E-state index in [1.807, 2.05) is 19.9 Å². The number of nitrogens with two attached hydrogens (primary N) is 1. The van der Waals surface area contributed by atoms with Crippen molar-refractivity contribution in [3.8, 4) is 0 Å². The molecule has 2 aromatic heterocycles. The maximum absolute atomic E-state index is 12.9. The van der Waals surface area contributed by atoms with E-state index < -0.39 is 21.1 Å². The van der Waals surface area contributed by atoms with Crippen molar-refractivity contribution >= 4 is 55.6 Å². The lowest BCUT2D eigenvalue weighted by Gasteiger charge is -2.16. The topological polar surface area (TPSA) is 155 Å². The first-order valence-electron chi connectivity index (χ1n) is 11.9. The van der Waals surface area contributed by atoms with Crippen LogP contribution in [0.2, 0.25) is 0 Å². The van der Waals surface area contributed by atoms with Gasteiger partial charge >= 0.3 is 0 Å². The lowest BCUT2D eigenvalue weighted by molar-refractivity contribution is -0.118. The molecule has 0 spiro atoms. The van der Waals surface area contributed by atoms with E-state index in [-0.39, 0.29) is 16.7 Å². The minimum absolute atomic E-state index is 0.00867. The van der Waals surface area contributed by atoms with Crippen molar-refractivity contribution in [3.63, 3.8) is 0 Å². The predicted octanol–water partition coefficient (Wildman–Crippen LogP) is 4.55. The van der Waals surface area contributed by atoms with Crippen molar-refractivity contribution in [2.75, 3.05) is 16.0 Å². The van der Waals surface area contributed by atoms with Crippen molar-refractivity contribution in [3.05, 3.63) is 60.8 Å². The van der Waals surface area contributed by atoms with Gasteiger partial charge in [-0.15, -0.1) is 0 Å². The van der Waals surface area contributed by atoms with Crippen LogP contribution in [0.5, 0.6) is 0 Å². The van der Waals surface area contributed by atoms with Gasteiger partial charge in [-0.25, -0.2) is 13.4 Å². The van der Waals surface area contributed by atoms with Crippen LogP contribution >= 0.6 is 0 Å². The number of nitrogens with zero attached hydrogens (tertiary/aromatic N) is 2. The number of amides is 1. The van der Waals surface area contributed by atoms with Crippen LogP contribution in [0.3, 0.4) is 0 Å². The van der Waals surface area contributed by atoms with Gasteiger partial charge in [0.1, 0.15) is 5.52 Å². The molecule has 0 bridgehead atoms. The third-order valence-corrected chi connectivity index (χ3v) is 8.09. The second-order valence-corrected chi connectivity index (χ2v) is 11.8. The summed E-state index contributed by atoms with van der Waals surface area (Å²) in [5, 5.41) is 8.59. The highest BCUT2D eigenvalue weighted by molar-refractivity contribution is 7.92. The Morgan fingerprint density at radius 2 is 1.68 bits per heavy atom. The average Bonchev–Trinajstić information content (AvgIpc) is 3.33. The van der Waals surface area contributed by atoms with Crippen molar-refractivity contribution in [2.45, 2.75) is 43.9 Å². The molecule has 37 heavy (non-hydrogen) atoms. The van der Waals surface area contributed by atoms with Crippen LogP contribution < -0.4 is 21.7 Å². The predicted molar refractivity (Wildman–Crippen MR) is 147 cm³/mol. The Balaban J connectivity index is 1.64. The molecular formula is C26H31N7O3S. The number of aromatic amines is 1. The number of hydrogen-bond donors (Lipinski definition) is 5. The van der Waals surface area contributed by atoms with Crippen molar-refractivity contribution < 1.29 is 13.2 Å². The molecule has 0 fully saturated rings. The number of carbonyl (C=O) groups is 1. The van der Waals surface area contributed by atoms with E-state index in [1.54, 1.807) is 68.6 Å². The second kappa shape index (κ2) is 10.6. The third-order valence-electron chi connectivity index (χ3n) is 5.88. The number of rotatable bonds is 9. The summed E-state index contributed by atoms with van der Waals surface area (Å²) in [5.74, 6) is 0.449. The first-order valence-corrected chi connectivity index (χ1v) is 13.5. The molecule has 1 atom stereocenters. The Hall–Kier alpha value is -3.96. The van der Waals surface area contributed by atoms with Gasteiger partial charge in [0, 0.05) is 17.6 Å². The van der Waals surface area contributed by atoms with E-state index in [4.69, 9.17) is 5.73 Å². The quantitative estimate of drug-likeness (QED) is 0.215. The highest BCUT2D eigenvalue weighted by Gasteiger charge is 2.23. The lowest BCUT2D eigenvalue weighted by atomic mass is 10.0. The number of sulfone groups is 1. The van der Waals surface area contributed by atoms with E-state index in [0.29, 0.717) is 39.9 Å². The molecular weight excluding hydrogens is 490 g/mol. The van der Waals surface area contributed by atoms with Crippen LogP contribution in [0.1, 0.15) is 27.7 Å². The number of nitrogens with one attached hydrogen (secondary N) is 4. The molecule has 0 aliphatic heterocycles. The number of benzene rings is 2. The van der Waals surface area contributed by atoms with E-state index in [9.17, 15) is 13.2 Å². The summed E-state index contributed by atoms with van der Waals surface area (Å²) < 4.78 is 25.8. The summed E-state index contributed by atoms with van der Waals surface area (Å²) in [5.41, 5.74) is 8.87. The maximum atomic E-state index is 12.9. The number of aromatic nitrogens is 3. The Morgan fingerprint density at radius 1 is 0.946 bits per heavy atom. The second-order valence-electron chi connectivity index (χ2n) is 9.31. The van der Waals surface area contributed by atoms with E-state index >= 15 is 0 Å². The van der Waals surface area contributed by atoms with Gasteiger partial charge in [-0.3, -0.25) is 4.79 Å². The number of hydrogen-bond acceptors (Lipinski definition) is 8. The van der Waals surface area contributed by atoms with Gasteiger partial charge in [0.15, 0.2) is 15.7 Å². The molecule has 1 amide bonds. The number of H-pyrrole nitrogens is 1. The zero-order valence-electron chi connectivity index (χ0n) is 21.1. The Kier molecular flexibility index (Phi) is 7.46. The third kappa shape index (κ3) is 5.73. The normalized spacial score (nSPS) is 12.6. The molecule has 0 unspecified atom stereocenters. The molecule has 0 saturated carbocycles. The molecule has 0 radical (unpaired) electrons. The van der Waals surface area contributed by atoms with Crippen LogP contribution in [-0.2, 0) is 14.6 Å². The lowest BCUT2D eigenvalue weighted by Crippen LogP contribution is -2.39. The maximum Gasteiger partial charge on any atom is 0.241 e. The van der Waals surface area contributed by atoms with E-state index in [1.165, 1.54) is 0 Å². The highest BCUT2D eigenvalue weighted by Crippen LogP contribution is 2.30. The summed E-state index contributed by atoms with van der Waals surface area (Å²) in [6.07, 6.45) is 1.74. The summed E-state index contributed by atoms with van der Waals surface area (Å²) >= 11 is 0. The van der Waals surface area contributed by atoms with Crippen molar-refractivity contribution in [2.24, 2.45) is 11.7 Å². The molecule has 6 N–H and O–H groups in total. The average molecular weight is 522 g/mol. The van der Waals surface area contributed by atoms with Gasteiger partial charge in [0.2, 0.25) is 11.9 Å². The smallest absolute Gasteiger partial charge is 0.241 e. The van der Waals surface area contributed by atoms with E-state index in [0.717, 1.165) is 0 Å². The Bertz CT molecular complexity index is 1530. The fourth-order valence-corrected chi connectivity index (χ4v) is 4.82. The number of para-hydroxylation sites is 1. The molecule has 11 heteroatoms. The largest absolute Gasteiger partial charge is 0.357 e. The molecule has 10 nitrogen and oxygen atoms in total. The SMILES string of the molecule is CC(C)[C@H](N)C(=O)Nc1cccc(Nc2nc(Nc3ccccc3S(=O)(=O)C(C)C)c3[nH]ccc3n2)c1. The summed E-state index contributed by atoms with van der Waals surface area (Å²) in [6.45, 7) is 7.07. The van der Waals surface area contributed by atoms with Gasteiger partial charge in [-0.2, -0.15) is 4.98 Å². The molecule has 0 aliphatic rings. The fraction of sp³-hybridized carbons (Fsp3) is 0.269. The van der Waals surface area contributed by atoms with Gasteiger partial charge in [-0.1, -0.05) is 32.0 Å². The molecule has 4 rings (SSSR count). The molecule has 194 valence electrons. The van der Waals surface area contributed by atoms with Crippen LogP contribution in [0.15, 0.2) is 65.7 Å².